The fourth-order valence-corrected chi connectivity index (χ4v) is 3.99. The highest BCUT2D eigenvalue weighted by Gasteiger charge is 2.34. The van der Waals surface area contributed by atoms with Gasteiger partial charge in [0.25, 0.3) is 0 Å². The maximum Gasteiger partial charge on any atom is 0.0137 e. The molecule has 0 radical (unpaired) electrons. The molecule has 3 rings (SSSR count). The van der Waals surface area contributed by atoms with E-state index in [-0.39, 0.29) is 0 Å². The lowest BCUT2D eigenvalue weighted by Crippen LogP contribution is -2.53. The van der Waals surface area contributed by atoms with Gasteiger partial charge in [-0.2, -0.15) is 0 Å². The topological polar surface area (TPSA) is 32.5 Å². The normalized spacial score (nSPS) is 36.5. The Bertz CT molecular complexity index is 256. The Morgan fingerprint density at radius 3 is 2.11 bits per heavy atom. The van der Waals surface area contributed by atoms with Crippen molar-refractivity contribution in [3.05, 3.63) is 0 Å². The predicted octanol–water partition coefficient (Wildman–Crippen LogP) is 1.67. The molecule has 3 nitrogen and oxygen atoms in total. The molecule has 0 bridgehead atoms. The van der Waals surface area contributed by atoms with Crippen molar-refractivity contribution in [2.75, 3.05) is 32.7 Å². The molecule has 0 aromatic heterocycles. The standard InChI is InChI=1S/C15H29N3/c16-12-13-4-2-1-3-5-15(13)18-10-8-17(9-11-18)14-6-7-14/h13-15H,1-12,16H2. The smallest absolute Gasteiger partial charge is 0.0137 e. The van der Waals surface area contributed by atoms with Crippen LogP contribution in [0.1, 0.15) is 44.9 Å². The van der Waals surface area contributed by atoms with Crippen LogP contribution in [0.2, 0.25) is 0 Å². The van der Waals surface area contributed by atoms with Crippen molar-refractivity contribution >= 4 is 0 Å². The molecule has 2 aliphatic carbocycles. The van der Waals surface area contributed by atoms with Crippen LogP contribution in [0, 0.1) is 5.92 Å². The molecule has 2 unspecified atom stereocenters. The van der Waals surface area contributed by atoms with Crippen LogP contribution in [0.25, 0.3) is 0 Å². The molecule has 1 aliphatic heterocycles. The largest absolute Gasteiger partial charge is 0.330 e. The summed E-state index contributed by atoms with van der Waals surface area (Å²) in [6.07, 6.45) is 9.92. The molecule has 2 N–H and O–H groups in total. The molecule has 0 aromatic rings. The molecule has 18 heavy (non-hydrogen) atoms. The van der Waals surface area contributed by atoms with Gasteiger partial charge in [0.05, 0.1) is 0 Å². The van der Waals surface area contributed by atoms with E-state index in [1.807, 2.05) is 0 Å². The number of nitrogens with zero attached hydrogens (tertiary/aromatic N) is 2. The molecule has 0 spiro atoms. The first kappa shape index (κ1) is 12.9. The zero-order chi connectivity index (χ0) is 12.4. The van der Waals surface area contributed by atoms with Crippen molar-refractivity contribution in [2.24, 2.45) is 11.7 Å². The third kappa shape index (κ3) is 2.89. The molecular weight excluding hydrogens is 222 g/mol. The summed E-state index contributed by atoms with van der Waals surface area (Å²) >= 11 is 0. The third-order valence-corrected chi connectivity index (χ3v) is 5.30. The van der Waals surface area contributed by atoms with Gasteiger partial charge in [-0.1, -0.05) is 19.3 Å². The zero-order valence-electron chi connectivity index (χ0n) is 11.7. The van der Waals surface area contributed by atoms with Crippen molar-refractivity contribution in [1.29, 1.82) is 0 Å². The molecule has 3 heteroatoms. The van der Waals surface area contributed by atoms with E-state index in [0.717, 1.165) is 24.5 Å². The van der Waals surface area contributed by atoms with Gasteiger partial charge in [0, 0.05) is 38.3 Å². The summed E-state index contributed by atoms with van der Waals surface area (Å²) in [7, 11) is 0. The first-order valence-corrected chi connectivity index (χ1v) is 8.06. The number of hydrogen-bond donors (Lipinski definition) is 1. The van der Waals surface area contributed by atoms with Crippen molar-refractivity contribution in [3.8, 4) is 0 Å². The Labute approximate surface area is 112 Å². The van der Waals surface area contributed by atoms with Crippen LogP contribution in [0.15, 0.2) is 0 Å². The Balaban J connectivity index is 1.55. The summed E-state index contributed by atoms with van der Waals surface area (Å²) in [5.41, 5.74) is 6.02. The maximum absolute atomic E-state index is 6.02. The lowest BCUT2D eigenvalue weighted by atomic mass is 9.93. The molecule has 3 fully saturated rings. The minimum Gasteiger partial charge on any atom is -0.330 e. The van der Waals surface area contributed by atoms with Crippen LogP contribution < -0.4 is 5.73 Å². The van der Waals surface area contributed by atoms with Gasteiger partial charge in [-0.05, 0) is 38.1 Å². The Kier molecular flexibility index (Phi) is 4.22. The van der Waals surface area contributed by atoms with Gasteiger partial charge in [0.1, 0.15) is 0 Å². The second-order valence-corrected chi connectivity index (χ2v) is 6.50. The maximum atomic E-state index is 6.02. The fourth-order valence-electron chi connectivity index (χ4n) is 3.99. The van der Waals surface area contributed by atoms with E-state index >= 15 is 0 Å². The Hall–Kier alpha value is -0.120. The van der Waals surface area contributed by atoms with E-state index in [1.54, 1.807) is 0 Å². The van der Waals surface area contributed by atoms with Gasteiger partial charge < -0.3 is 5.73 Å². The molecule has 104 valence electrons. The van der Waals surface area contributed by atoms with Gasteiger partial charge in [-0.15, -0.1) is 0 Å². The van der Waals surface area contributed by atoms with E-state index in [1.165, 1.54) is 71.1 Å². The molecule has 0 aromatic carbocycles. The van der Waals surface area contributed by atoms with Crippen molar-refractivity contribution in [1.82, 2.24) is 9.80 Å². The fraction of sp³-hybridized carbons (Fsp3) is 1.00. The second kappa shape index (κ2) is 5.89. The van der Waals surface area contributed by atoms with E-state index in [9.17, 15) is 0 Å². The first-order valence-electron chi connectivity index (χ1n) is 8.06. The predicted molar refractivity (Wildman–Crippen MR) is 75.6 cm³/mol. The van der Waals surface area contributed by atoms with Gasteiger partial charge in [-0.25, -0.2) is 0 Å². The Morgan fingerprint density at radius 1 is 0.778 bits per heavy atom. The first-order chi connectivity index (χ1) is 8.88. The van der Waals surface area contributed by atoms with Crippen molar-refractivity contribution in [2.45, 2.75) is 57.0 Å². The van der Waals surface area contributed by atoms with Crippen LogP contribution in [0.4, 0.5) is 0 Å². The molecular formula is C15H29N3. The van der Waals surface area contributed by atoms with Crippen LogP contribution in [0.5, 0.6) is 0 Å². The quantitative estimate of drug-likeness (QED) is 0.775. The van der Waals surface area contributed by atoms with E-state index in [2.05, 4.69) is 9.80 Å². The minimum atomic E-state index is 0.764. The monoisotopic (exact) mass is 251 g/mol. The van der Waals surface area contributed by atoms with Gasteiger partial charge in [0.2, 0.25) is 0 Å². The summed E-state index contributed by atoms with van der Waals surface area (Å²) in [4.78, 5) is 5.48. The van der Waals surface area contributed by atoms with E-state index in [4.69, 9.17) is 5.73 Å². The summed E-state index contributed by atoms with van der Waals surface area (Å²) < 4.78 is 0. The molecule has 1 heterocycles. The van der Waals surface area contributed by atoms with E-state index < -0.39 is 0 Å². The van der Waals surface area contributed by atoms with Crippen LogP contribution in [0.3, 0.4) is 0 Å². The Morgan fingerprint density at radius 2 is 1.44 bits per heavy atom. The van der Waals surface area contributed by atoms with Gasteiger partial charge >= 0.3 is 0 Å². The lowest BCUT2D eigenvalue weighted by Gasteiger charge is -2.42. The summed E-state index contributed by atoms with van der Waals surface area (Å²) in [6.45, 7) is 6.08. The number of hydrogen-bond acceptors (Lipinski definition) is 3. The molecule has 0 amide bonds. The summed E-state index contributed by atoms with van der Waals surface area (Å²) in [6, 6.07) is 1.74. The zero-order valence-corrected chi connectivity index (χ0v) is 11.7. The molecule has 1 saturated heterocycles. The number of nitrogens with two attached hydrogens (primary N) is 1. The number of rotatable bonds is 3. The summed E-state index contributed by atoms with van der Waals surface area (Å²) in [5, 5.41) is 0. The molecule has 2 saturated carbocycles. The summed E-state index contributed by atoms with van der Waals surface area (Å²) in [5.74, 6) is 0.764. The van der Waals surface area contributed by atoms with Gasteiger partial charge in [-0.3, -0.25) is 9.80 Å². The van der Waals surface area contributed by atoms with Crippen molar-refractivity contribution < 1.29 is 0 Å². The van der Waals surface area contributed by atoms with Crippen molar-refractivity contribution in [3.63, 3.8) is 0 Å². The van der Waals surface area contributed by atoms with Crippen LogP contribution in [-0.4, -0.2) is 54.6 Å². The van der Waals surface area contributed by atoms with E-state index in [0.29, 0.717) is 0 Å². The van der Waals surface area contributed by atoms with Crippen LogP contribution >= 0.6 is 0 Å². The highest BCUT2D eigenvalue weighted by Crippen LogP contribution is 2.31. The molecule has 3 aliphatic rings. The number of piperazine rings is 1. The second-order valence-electron chi connectivity index (χ2n) is 6.50. The highest BCUT2D eigenvalue weighted by molar-refractivity contribution is 4.90. The van der Waals surface area contributed by atoms with Crippen LogP contribution in [-0.2, 0) is 0 Å². The highest BCUT2D eigenvalue weighted by atomic mass is 15.3. The molecule has 2 atom stereocenters. The SMILES string of the molecule is NCC1CCCCCC1N1CCN(C2CC2)CC1. The minimum absolute atomic E-state index is 0.764. The third-order valence-electron chi connectivity index (χ3n) is 5.30. The average molecular weight is 251 g/mol. The lowest BCUT2D eigenvalue weighted by molar-refractivity contribution is 0.0636. The average Bonchev–Trinajstić information content (AvgIpc) is 3.25. The van der Waals surface area contributed by atoms with Gasteiger partial charge in [0.15, 0.2) is 0 Å².